The number of piperidine rings is 1. The van der Waals surface area contributed by atoms with Crippen LogP contribution in [0.4, 0.5) is 0 Å². The predicted molar refractivity (Wildman–Crippen MR) is 70.2 cm³/mol. The van der Waals surface area contributed by atoms with Gasteiger partial charge in [-0.2, -0.15) is 5.10 Å². The average molecular weight is 236 g/mol. The summed E-state index contributed by atoms with van der Waals surface area (Å²) in [6.07, 6.45) is 3.76. The first-order valence-electron chi connectivity index (χ1n) is 6.71. The van der Waals surface area contributed by atoms with Gasteiger partial charge in [-0.15, -0.1) is 0 Å². The Morgan fingerprint density at radius 2 is 2.41 bits per heavy atom. The van der Waals surface area contributed by atoms with Gasteiger partial charge in [0, 0.05) is 24.8 Å². The summed E-state index contributed by atoms with van der Waals surface area (Å²) in [5.41, 5.74) is 2.38. The molecule has 0 aliphatic carbocycles. The Kier molecular flexibility index (Phi) is 4.57. The van der Waals surface area contributed by atoms with Gasteiger partial charge in [0.15, 0.2) is 0 Å². The van der Waals surface area contributed by atoms with Crippen molar-refractivity contribution >= 4 is 0 Å². The van der Waals surface area contributed by atoms with Crippen molar-refractivity contribution < 1.29 is 0 Å². The minimum absolute atomic E-state index is 0.671. The zero-order chi connectivity index (χ0) is 12.1. The fourth-order valence-corrected chi connectivity index (χ4v) is 2.46. The summed E-state index contributed by atoms with van der Waals surface area (Å²) in [6.45, 7) is 8.59. The Balaban J connectivity index is 1.64. The van der Waals surface area contributed by atoms with E-state index in [1.165, 1.54) is 25.1 Å². The molecule has 0 spiro atoms. The van der Waals surface area contributed by atoms with Gasteiger partial charge in [-0.1, -0.05) is 0 Å². The van der Waals surface area contributed by atoms with Gasteiger partial charge in [-0.3, -0.25) is 4.68 Å². The lowest BCUT2D eigenvalue weighted by molar-refractivity contribution is 0.382. The van der Waals surface area contributed by atoms with Crippen LogP contribution in [0.15, 0.2) is 6.07 Å². The van der Waals surface area contributed by atoms with Crippen molar-refractivity contribution in [3.05, 3.63) is 17.5 Å². The van der Waals surface area contributed by atoms with Gasteiger partial charge in [0.25, 0.3) is 0 Å². The molecule has 4 nitrogen and oxygen atoms in total. The van der Waals surface area contributed by atoms with E-state index in [4.69, 9.17) is 0 Å². The number of nitrogens with one attached hydrogen (secondary N) is 2. The highest BCUT2D eigenvalue weighted by Crippen LogP contribution is 2.03. The number of aryl methyl sites for hydroxylation is 3. The van der Waals surface area contributed by atoms with Crippen LogP contribution in [0.5, 0.6) is 0 Å². The largest absolute Gasteiger partial charge is 0.315 e. The molecule has 2 heterocycles. The van der Waals surface area contributed by atoms with Gasteiger partial charge in [0.1, 0.15) is 0 Å². The minimum atomic E-state index is 0.671. The summed E-state index contributed by atoms with van der Waals surface area (Å²) in [6, 6.07) is 2.81. The highest BCUT2D eigenvalue weighted by Gasteiger charge is 2.11. The fourth-order valence-electron chi connectivity index (χ4n) is 2.46. The van der Waals surface area contributed by atoms with Crippen molar-refractivity contribution in [3.63, 3.8) is 0 Å². The molecule has 4 heteroatoms. The van der Waals surface area contributed by atoms with Gasteiger partial charge in [-0.25, -0.2) is 0 Å². The van der Waals surface area contributed by atoms with E-state index in [9.17, 15) is 0 Å². The second-order valence-corrected chi connectivity index (χ2v) is 5.00. The lowest BCUT2D eigenvalue weighted by atomic mass is 10.1. The van der Waals surface area contributed by atoms with E-state index in [1.807, 2.05) is 0 Å². The quantitative estimate of drug-likeness (QED) is 0.756. The van der Waals surface area contributed by atoms with Crippen LogP contribution in [-0.4, -0.2) is 35.5 Å². The number of rotatable bonds is 5. The second kappa shape index (κ2) is 6.17. The van der Waals surface area contributed by atoms with Crippen LogP contribution < -0.4 is 10.6 Å². The molecule has 0 radical (unpaired) electrons. The van der Waals surface area contributed by atoms with Crippen molar-refractivity contribution in [3.8, 4) is 0 Å². The molecule has 2 rings (SSSR count). The molecule has 1 aromatic rings. The summed E-state index contributed by atoms with van der Waals surface area (Å²) in [5, 5.41) is 11.5. The van der Waals surface area contributed by atoms with E-state index in [2.05, 4.69) is 40.3 Å². The standard InChI is InChI=1S/C13H24N4/c1-11-9-12(2)17(16-11)8-4-7-15-13-5-3-6-14-10-13/h9,13-15H,3-8,10H2,1-2H3. The molecule has 1 atom stereocenters. The molecule has 17 heavy (non-hydrogen) atoms. The van der Waals surface area contributed by atoms with Crippen LogP contribution in [0.2, 0.25) is 0 Å². The molecular formula is C13H24N4. The SMILES string of the molecule is Cc1cc(C)n(CCCNC2CCCNC2)n1. The Bertz CT molecular complexity index is 339. The maximum atomic E-state index is 4.47. The molecular weight excluding hydrogens is 212 g/mol. The first-order valence-corrected chi connectivity index (χ1v) is 6.71. The van der Waals surface area contributed by atoms with E-state index in [-0.39, 0.29) is 0 Å². The van der Waals surface area contributed by atoms with Gasteiger partial charge in [0.05, 0.1) is 5.69 Å². The Hall–Kier alpha value is -0.870. The Labute approximate surface area is 104 Å². The van der Waals surface area contributed by atoms with E-state index in [0.717, 1.165) is 31.7 Å². The summed E-state index contributed by atoms with van der Waals surface area (Å²) in [5.74, 6) is 0. The van der Waals surface area contributed by atoms with Crippen LogP contribution in [0.1, 0.15) is 30.7 Å². The maximum absolute atomic E-state index is 4.47. The smallest absolute Gasteiger partial charge is 0.0596 e. The number of nitrogens with zero attached hydrogens (tertiary/aromatic N) is 2. The van der Waals surface area contributed by atoms with Crippen LogP contribution >= 0.6 is 0 Å². The van der Waals surface area contributed by atoms with Crippen LogP contribution in [-0.2, 0) is 6.54 Å². The molecule has 1 unspecified atom stereocenters. The van der Waals surface area contributed by atoms with Crippen LogP contribution in [0, 0.1) is 13.8 Å². The normalized spacial score (nSPS) is 20.7. The average Bonchev–Trinajstić information content (AvgIpc) is 2.65. The molecule has 0 amide bonds. The summed E-state index contributed by atoms with van der Waals surface area (Å²) in [4.78, 5) is 0. The third-order valence-corrected chi connectivity index (χ3v) is 3.38. The molecule has 2 N–H and O–H groups in total. The lowest BCUT2D eigenvalue weighted by Crippen LogP contribution is -2.43. The molecule has 0 bridgehead atoms. The zero-order valence-corrected chi connectivity index (χ0v) is 11.0. The van der Waals surface area contributed by atoms with Crippen LogP contribution in [0.3, 0.4) is 0 Å². The minimum Gasteiger partial charge on any atom is -0.315 e. The molecule has 1 aromatic heterocycles. The predicted octanol–water partition coefficient (Wildman–Crippen LogP) is 1.23. The van der Waals surface area contributed by atoms with Crippen molar-refractivity contribution in [2.45, 2.75) is 45.7 Å². The van der Waals surface area contributed by atoms with E-state index < -0.39 is 0 Å². The van der Waals surface area contributed by atoms with Crippen molar-refractivity contribution in [1.29, 1.82) is 0 Å². The third-order valence-electron chi connectivity index (χ3n) is 3.38. The number of hydrogen-bond donors (Lipinski definition) is 2. The molecule has 1 aliphatic heterocycles. The first kappa shape index (κ1) is 12.6. The number of aromatic nitrogens is 2. The van der Waals surface area contributed by atoms with Crippen molar-refractivity contribution in [2.24, 2.45) is 0 Å². The topological polar surface area (TPSA) is 41.9 Å². The van der Waals surface area contributed by atoms with Crippen molar-refractivity contribution in [1.82, 2.24) is 20.4 Å². The highest BCUT2D eigenvalue weighted by molar-refractivity contribution is 5.06. The molecule has 1 aliphatic rings. The third kappa shape index (κ3) is 3.82. The fraction of sp³-hybridized carbons (Fsp3) is 0.769. The molecule has 0 saturated carbocycles. The highest BCUT2D eigenvalue weighted by atomic mass is 15.3. The maximum Gasteiger partial charge on any atom is 0.0596 e. The van der Waals surface area contributed by atoms with Gasteiger partial charge >= 0.3 is 0 Å². The Morgan fingerprint density at radius 3 is 3.06 bits per heavy atom. The van der Waals surface area contributed by atoms with E-state index in [0.29, 0.717) is 6.04 Å². The molecule has 1 fully saturated rings. The summed E-state index contributed by atoms with van der Waals surface area (Å²) in [7, 11) is 0. The Morgan fingerprint density at radius 1 is 1.53 bits per heavy atom. The number of hydrogen-bond acceptors (Lipinski definition) is 3. The van der Waals surface area contributed by atoms with Gasteiger partial charge in [0.2, 0.25) is 0 Å². The zero-order valence-electron chi connectivity index (χ0n) is 11.0. The van der Waals surface area contributed by atoms with Crippen molar-refractivity contribution in [2.75, 3.05) is 19.6 Å². The molecule has 1 saturated heterocycles. The van der Waals surface area contributed by atoms with Gasteiger partial charge < -0.3 is 10.6 Å². The molecule has 96 valence electrons. The second-order valence-electron chi connectivity index (χ2n) is 5.00. The van der Waals surface area contributed by atoms with Crippen LogP contribution in [0.25, 0.3) is 0 Å². The monoisotopic (exact) mass is 236 g/mol. The summed E-state index contributed by atoms with van der Waals surface area (Å²) < 4.78 is 2.11. The summed E-state index contributed by atoms with van der Waals surface area (Å²) >= 11 is 0. The molecule has 0 aromatic carbocycles. The van der Waals surface area contributed by atoms with E-state index >= 15 is 0 Å². The first-order chi connectivity index (χ1) is 8.25. The van der Waals surface area contributed by atoms with E-state index in [1.54, 1.807) is 0 Å². The lowest BCUT2D eigenvalue weighted by Gasteiger charge is -2.23. The van der Waals surface area contributed by atoms with Gasteiger partial charge in [-0.05, 0) is 52.3 Å².